The maximum absolute atomic E-state index is 12.4. The minimum Gasteiger partial charge on any atom is -0.319 e. The molecular formula is C20H21N3O. The molecule has 1 atom stereocenters. The van der Waals surface area contributed by atoms with E-state index in [1.54, 1.807) is 0 Å². The third-order valence-electron chi connectivity index (χ3n) is 4.93. The van der Waals surface area contributed by atoms with Gasteiger partial charge in [0.2, 0.25) is 0 Å². The topological polar surface area (TPSA) is 49.0 Å². The highest BCUT2D eigenvalue weighted by molar-refractivity contribution is 5.73. The van der Waals surface area contributed by atoms with Gasteiger partial charge in [-0.1, -0.05) is 36.4 Å². The summed E-state index contributed by atoms with van der Waals surface area (Å²) in [6.45, 7) is 3.76. The Kier molecular flexibility index (Phi) is 3.90. The van der Waals surface area contributed by atoms with Crippen molar-refractivity contribution >= 4 is 11.0 Å². The molecule has 1 unspecified atom stereocenters. The molecule has 2 heterocycles. The van der Waals surface area contributed by atoms with Gasteiger partial charge in [-0.2, -0.15) is 0 Å². The molecule has 4 rings (SSSR count). The van der Waals surface area contributed by atoms with Crippen LogP contribution in [0.2, 0.25) is 0 Å². The van der Waals surface area contributed by atoms with Crippen molar-refractivity contribution in [1.29, 1.82) is 0 Å². The number of para-hydroxylation sites is 2. The van der Waals surface area contributed by atoms with Crippen molar-refractivity contribution in [3.63, 3.8) is 0 Å². The first-order chi connectivity index (χ1) is 11.7. The number of nitrogens with one attached hydrogen (secondary N) is 1. The third kappa shape index (κ3) is 2.74. The summed E-state index contributed by atoms with van der Waals surface area (Å²) in [5.41, 5.74) is 4.85. The van der Waals surface area contributed by atoms with Crippen molar-refractivity contribution in [1.82, 2.24) is 14.9 Å². The van der Waals surface area contributed by atoms with E-state index in [0.29, 0.717) is 18.3 Å². The summed E-state index contributed by atoms with van der Waals surface area (Å²) in [6, 6.07) is 16.6. The molecule has 24 heavy (non-hydrogen) atoms. The predicted molar refractivity (Wildman–Crippen MR) is 95.9 cm³/mol. The van der Waals surface area contributed by atoms with Gasteiger partial charge in [0.15, 0.2) is 0 Å². The van der Waals surface area contributed by atoms with Gasteiger partial charge < -0.3 is 4.98 Å². The van der Waals surface area contributed by atoms with Gasteiger partial charge >= 0.3 is 0 Å². The number of nitrogens with zero attached hydrogens (tertiary/aromatic N) is 2. The van der Waals surface area contributed by atoms with E-state index in [9.17, 15) is 4.79 Å². The molecule has 1 N–H and O–H groups in total. The molecule has 4 nitrogen and oxygen atoms in total. The second-order valence-electron chi connectivity index (χ2n) is 6.51. The molecule has 0 amide bonds. The van der Waals surface area contributed by atoms with Gasteiger partial charge in [-0.3, -0.25) is 9.69 Å². The maximum atomic E-state index is 12.4. The lowest BCUT2D eigenvalue weighted by Crippen LogP contribution is -2.28. The van der Waals surface area contributed by atoms with E-state index in [0.717, 1.165) is 30.4 Å². The molecule has 1 aliphatic heterocycles. The number of aryl methyl sites for hydroxylation is 1. The summed E-state index contributed by atoms with van der Waals surface area (Å²) in [5, 5.41) is 0. The zero-order chi connectivity index (χ0) is 16.5. The summed E-state index contributed by atoms with van der Waals surface area (Å²) >= 11 is 0. The predicted octanol–water partition coefficient (Wildman–Crippen LogP) is 3.57. The largest absolute Gasteiger partial charge is 0.319 e. The van der Waals surface area contributed by atoms with Crippen molar-refractivity contribution in [2.75, 3.05) is 6.54 Å². The van der Waals surface area contributed by atoms with Crippen molar-refractivity contribution < 1.29 is 0 Å². The monoisotopic (exact) mass is 319 g/mol. The van der Waals surface area contributed by atoms with Crippen LogP contribution in [-0.4, -0.2) is 21.4 Å². The molecule has 0 aliphatic carbocycles. The first kappa shape index (κ1) is 15.1. The summed E-state index contributed by atoms with van der Waals surface area (Å²) in [4.78, 5) is 22.3. The molecule has 4 heteroatoms. The molecular weight excluding hydrogens is 298 g/mol. The Morgan fingerprint density at radius 1 is 1.17 bits per heavy atom. The molecule has 1 aliphatic rings. The van der Waals surface area contributed by atoms with E-state index < -0.39 is 0 Å². The summed E-state index contributed by atoms with van der Waals surface area (Å²) < 4.78 is 0. The highest BCUT2D eigenvalue weighted by Crippen LogP contribution is 2.34. The van der Waals surface area contributed by atoms with Crippen LogP contribution in [0.4, 0.5) is 0 Å². The number of hydrogen-bond donors (Lipinski definition) is 1. The Morgan fingerprint density at radius 3 is 2.83 bits per heavy atom. The Hall–Kier alpha value is -2.46. The number of aromatic amines is 1. The fraction of sp³-hybridized carbons (Fsp3) is 0.300. The Labute approximate surface area is 141 Å². The lowest BCUT2D eigenvalue weighted by atomic mass is 9.99. The molecule has 122 valence electrons. The van der Waals surface area contributed by atoms with Crippen LogP contribution >= 0.6 is 0 Å². The SMILES string of the molecule is Cc1ccccc1C1CCCN1Cc1nc2ccccc2[nH]c1=O. The molecule has 2 aromatic carbocycles. The minimum absolute atomic E-state index is 0.0795. The van der Waals surface area contributed by atoms with Crippen LogP contribution in [-0.2, 0) is 6.54 Å². The number of fused-ring (bicyclic) bond motifs is 1. The van der Waals surface area contributed by atoms with E-state index in [4.69, 9.17) is 0 Å². The van der Waals surface area contributed by atoms with Gasteiger partial charge in [0, 0.05) is 12.6 Å². The standard InChI is InChI=1S/C20H21N3O/c1-14-7-2-3-8-15(14)19-11-6-12-23(19)13-18-20(24)22-17-10-5-4-9-16(17)21-18/h2-5,7-10,19H,6,11-13H2,1H3,(H,22,24). The molecule has 3 aromatic rings. The van der Waals surface area contributed by atoms with Crippen molar-refractivity contribution in [2.24, 2.45) is 0 Å². The molecule has 1 aromatic heterocycles. The Bertz CT molecular complexity index is 931. The van der Waals surface area contributed by atoms with E-state index in [-0.39, 0.29) is 5.56 Å². The van der Waals surface area contributed by atoms with E-state index in [1.807, 2.05) is 24.3 Å². The van der Waals surface area contributed by atoms with E-state index in [1.165, 1.54) is 11.1 Å². The molecule has 0 saturated carbocycles. The minimum atomic E-state index is -0.0795. The van der Waals surface area contributed by atoms with E-state index in [2.05, 4.69) is 46.1 Å². The number of benzene rings is 2. The van der Waals surface area contributed by atoms with Crippen LogP contribution in [0.25, 0.3) is 11.0 Å². The molecule has 0 radical (unpaired) electrons. The fourth-order valence-electron chi connectivity index (χ4n) is 3.70. The van der Waals surface area contributed by atoms with Gasteiger partial charge in [-0.05, 0) is 49.6 Å². The highest BCUT2D eigenvalue weighted by Gasteiger charge is 2.27. The third-order valence-corrected chi connectivity index (χ3v) is 4.93. The quantitative estimate of drug-likeness (QED) is 0.803. The zero-order valence-corrected chi connectivity index (χ0v) is 13.8. The van der Waals surface area contributed by atoms with Crippen LogP contribution < -0.4 is 5.56 Å². The van der Waals surface area contributed by atoms with Crippen LogP contribution in [0, 0.1) is 6.92 Å². The number of rotatable bonds is 3. The van der Waals surface area contributed by atoms with Crippen LogP contribution in [0.5, 0.6) is 0 Å². The van der Waals surface area contributed by atoms with Gasteiger partial charge in [-0.15, -0.1) is 0 Å². The van der Waals surface area contributed by atoms with Gasteiger partial charge in [0.05, 0.1) is 11.0 Å². The molecule has 1 saturated heterocycles. The second kappa shape index (κ2) is 6.21. The lowest BCUT2D eigenvalue weighted by molar-refractivity contribution is 0.244. The summed E-state index contributed by atoms with van der Waals surface area (Å²) in [5.74, 6) is 0. The smallest absolute Gasteiger partial charge is 0.271 e. The van der Waals surface area contributed by atoms with Crippen LogP contribution in [0.1, 0.15) is 35.7 Å². The first-order valence-corrected chi connectivity index (χ1v) is 8.50. The Morgan fingerprint density at radius 2 is 1.96 bits per heavy atom. The number of likely N-dealkylation sites (tertiary alicyclic amines) is 1. The molecule has 0 bridgehead atoms. The maximum Gasteiger partial charge on any atom is 0.271 e. The second-order valence-corrected chi connectivity index (χ2v) is 6.51. The highest BCUT2D eigenvalue weighted by atomic mass is 16.1. The average molecular weight is 319 g/mol. The van der Waals surface area contributed by atoms with Gasteiger partial charge in [0.25, 0.3) is 5.56 Å². The molecule has 1 fully saturated rings. The number of aromatic nitrogens is 2. The number of hydrogen-bond acceptors (Lipinski definition) is 3. The van der Waals surface area contributed by atoms with Crippen molar-refractivity contribution in [3.8, 4) is 0 Å². The van der Waals surface area contributed by atoms with Gasteiger partial charge in [0.1, 0.15) is 5.69 Å². The van der Waals surface area contributed by atoms with Crippen LogP contribution in [0.15, 0.2) is 53.3 Å². The fourth-order valence-corrected chi connectivity index (χ4v) is 3.70. The van der Waals surface area contributed by atoms with Gasteiger partial charge in [-0.25, -0.2) is 4.98 Å². The first-order valence-electron chi connectivity index (χ1n) is 8.50. The normalized spacial score (nSPS) is 18.3. The molecule has 0 spiro atoms. The van der Waals surface area contributed by atoms with Crippen LogP contribution in [0.3, 0.4) is 0 Å². The average Bonchev–Trinajstić information content (AvgIpc) is 3.04. The van der Waals surface area contributed by atoms with Crippen molar-refractivity contribution in [2.45, 2.75) is 32.4 Å². The zero-order valence-electron chi connectivity index (χ0n) is 13.8. The Balaban J connectivity index is 1.66. The lowest BCUT2D eigenvalue weighted by Gasteiger charge is -2.25. The number of H-pyrrole nitrogens is 1. The van der Waals surface area contributed by atoms with Crippen molar-refractivity contribution in [3.05, 3.63) is 75.7 Å². The van der Waals surface area contributed by atoms with E-state index >= 15 is 0 Å². The summed E-state index contributed by atoms with van der Waals surface area (Å²) in [7, 11) is 0. The summed E-state index contributed by atoms with van der Waals surface area (Å²) in [6.07, 6.45) is 2.29.